The van der Waals surface area contributed by atoms with Gasteiger partial charge < -0.3 is 16.0 Å². The van der Waals surface area contributed by atoms with E-state index >= 15 is 0 Å². The standard InChI is InChI=1S/C29H33N5O/c1-19-5-10-24-25-17-21(18-32-27(25)28(30)33-26(24)15-19)6-7-22-8-9-23(16-20(22)2)29(35)31-11-14-34-12-3-4-13-34/h5,8-10,15-18H,3-4,6-7,11-14H2,1-2H3,(H2,30,33)(H,31,35). The number of nitrogens with one attached hydrogen (secondary N) is 1. The Hall–Kier alpha value is -3.51. The zero-order chi connectivity index (χ0) is 24.4. The summed E-state index contributed by atoms with van der Waals surface area (Å²) in [5.74, 6) is 0.473. The van der Waals surface area contributed by atoms with Crippen molar-refractivity contribution in [2.75, 3.05) is 31.9 Å². The van der Waals surface area contributed by atoms with Crippen molar-refractivity contribution in [1.29, 1.82) is 0 Å². The van der Waals surface area contributed by atoms with E-state index in [0.717, 1.165) is 76.5 Å². The average Bonchev–Trinajstić information content (AvgIpc) is 3.36. The normalized spacial score (nSPS) is 14.1. The van der Waals surface area contributed by atoms with E-state index in [0.29, 0.717) is 12.4 Å². The van der Waals surface area contributed by atoms with Crippen LogP contribution in [0, 0.1) is 13.8 Å². The van der Waals surface area contributed by atoms with Gasteiger partial charge in [-0.1, -0.05) is 18.2 Å². The molecule has 180 valence electrons. The minimum absolute atomic E-state index is 0.00545. The first kappa shape index (κ1) is 23.2. The van der Waals surface area contributed by atoms with Gasteiger partial charge >= 0.3 is 0 Å². The molecule has 2 aromatic carbocycles. The molecule has 1 aliphatic rings. The predicted molar refractivity (Wildman–Crippen MR) is 143 cm³/mol. The minimum Gasteiger partial charge on any atom is -0.382 e. The van der Waals surface area contributed by atoms with Gasteiger partial charge in [-0.3, -0.25) is 9.78 Å². The lowest BCUT2D eigenvalue weighted by atomic mass is 9.98. The zero-order valence-corrected chi connectivity index (χ0v) is 20.6. The van der Waals surface area contributed by atoms with Gasteiger partial charge in [-0.15, -0.1) is 0 Å². The number of aromatic nitrogens is 2. The Morgan fingerprint density at radius 3 is 2.66 bits per heavy atom. The Balaban J connectivity index is 1.27. The van der Waals surface area contributed by atoms with Crippen LogP contribution in [0.2, 0.25) is 0 Å². The van der Waals surface area contributed by atoms with E-state index < -0.39 is 0 Å². The Kier molecular flexibility index (Phi) is 6.64. The number of aryl methyl sites for hydroxylation is 4. The summed E-state index contributed by atoms with van der Waals surface area (Å²) < 4.78 is 0. The average molecular weight is 468 g/mol. The summed E-state index contributed by atoms with van der Waals surface area (Å²) in [6.45, 7) is 8.06. The molecule has 0 spiro atoms. The molecule has 0 atom stereocenters. The van der Waals surface area contributed by atoms with Gasteiger partial charge in [0.2, 0.25) is 0 Å². The van der Waals surface area contributed by atoms with Gasteiger partial charge in [0, 0.05) is 35.6 Å². The summed E-state index contributed by atoms with van der Waals surface area (Å²) in [7, 11) is 0. The first-order valence-corrected chi connectivity index (χ1v) is 12.5. The van der Waals surface area contributed by atoms with Gasteiger partial charge in [0.15, 0.2) is 5.82 Å². The van der Waals surface area contributed by atoms with E-state index in [2.05, 4.69) is 64.4 Å². The summed E-state index contributed by atoms with van der Waals surface area (Å²) in [4.78, 5) is 24.2. The number of anilines is 1. The number of nitrogen functional groups attached to an aromatic ring is 1. The van der Waals surface area contributed by atoms with E-state index in [1.165, 1.54) is 18.4 Å². The van der Waals surface area contributed by atoms with Crippen LogP contribution in [-0.2, 0) is 12.8 Å². The van der Waals surface area contributed by atoms with Crippen LogP contribution in [0.5, 0.6) is 0 Å². The number of fused-ring (bicyclic) bond motifs is 3. The molecule has 0 bridgehead atoms. The van der Waals surface area contributed by atoms with Gasteiger partial charge in [0.25, 0.3) is 5.91 Å². The maximum absolute atomic E-state index is 12.6. The largest absolute Gasteiger partial charge is 0.382 e. The van der Waals surface area contributed by atoms with Gasteiger partial charge in [-0.25, -0.2) is 4.98 Å². The minimum atomic E-state index is 0.00545. The number of pyridine rings is 2. The molecule has 6 heteroatoms. The number of nitrogens with two attached hydrogens (primary N) is 1. The SMILES string of the molecule is Cc1ccc2c(c1)nc(N)c1ncc(CCc3ccc(C(=O)NCCN4CCCC4)cc3C)cc12. The number of hydrogen-bond donors (Lipinski definition) is 2. The number of nitrogens with zero attached hydrogens (tertiary/aromatic N) is 3. The van der Waals surface area contributed by atoms with Crippen molar-refractivity contribution >= 4 is 33.5 Å². The molecule has 0 radical (unpaired) electrons. The van der Waals surface area contributed by atoms with Crippen LogP contribution in [0.15, 0.2) is 48.7 Å². The van der Waals surface area contributed by atoms with Crippen molar-refractivity contribution in [3.63, 3.8) is 0 Å². The molecule has 1 saturated heterocycles. The molecule has 1 fully saturated rings. The molecular formula is C29H33N5O. The molecule has 2 aromatic heterocycles. The first-order chi connectivity index (χ1) is 17.0. The van der Waals surface area contributed by atoms with Crippen molar-refractivity contribution in [2.45, 2.75) is 39.5 Å². The van der Waals surface area contributed by atoms with Crippen molar-refractivity contribution in [3.8, 4) is 0 Å². The van der Waals surface area contributed by atoms with Gasteiger partial charge in [-0.2, -0.15) is 0 Å². The van der Waals surface area contributed by atoms with Crippen molar-refractivity contribution in [1.82, 2.24) is 20.2 Å². The molecule has 0 aliphatic carbocycles. The highest BCUT2D eigenvalue weighted by molar-refractivity contribution is 6.08. The summed E-state index contributed by atoms with van der Waals surface area (Å²) >= 11 is 0. The second kappa shape index (κ2) is 10.0. The van der Waals surface area contributed by atoms with E-state index in [4.69, 9.17) is 5.73 Å². The third-order valence-corrected chi connectivity index (χ3v) is 7.07. The second-order valence-corrected chi connectivity index (χ2v) is 9.70. The van der Waals surface area contributed by atoms with Gasteiger partial charge in [0.1, 0.15) is 5.52 Å². The lowest BCUT2D eigenvalue weighted by Crippen LogP contribution is -2.33. The third-order valence-electron chi connectivity index (χ3n) is 7.07. The molecule has 5 rings (SSSR count). The van der Waals surface area contributed by atoms with Crippen LogP contribution in [0.4, 0.5) is 5.82 Å². The Morgan fingerprint density at radius 2 is 1.86 bits per heavy atom. The molecule has 1 aliphatic heterocycles. The number of carbonyl (C=O) groups excluding carboxylic acids is 1. The monoisotopic (exact) mass is 467 g/mol. The number of carbonyl (C=O) groups is 1. The number of amides is 1. The molecule has 35 heavy (non-hydrogen) atoms. The Labute approximate surface area is 206 Å². The molecule has 0 unspecified atom stereocenters. The fourth-order valence-corrected chi connectivity index (χ4v) is 5.03. The van der Waals surface area contributed by atoms with E-state index in [1.807, 2.05) is 18.3 Å². The van der Waals surface area contributed by atoms with E-state index in [9.17, 15) is 4.79 Å². The van der Waals surface area contributed by atoms with E-state index in [-0.39, 0.29) is 5.91 Å². The number of hydrogen-bond acceptors (Lipinski definition) is 5. The van der Waals surface area contributed by atoms with Crippen LogP contribution >= 0.6 is 0 Å². The highest BCUT2D eigenvalue weighted by atomic mass is 16.1. The van der Waals surface area contributed by atoms with Gasteiger partial charge in [-0.05, 0) is 99.1 Å². The van der Waals surface area contributed by atoms with Crippen molar-refractivity contribution < 1.29 is 4.79 Å². The topological polar surface area (TPSA) is 84.1 Å². The van der Waals surface area contributed by atoms with Crippen molar-refractivity contribution in [3.05, 3.63) is 76.5 Å². The molecule has 1 amide bonds. The molecular weight excluding hydrogens is 434 g/mol. The number of rotatable bonds is 7. The molecule has 0 saturated carbocycles. The lowest BCUT2D eigenvalue weighted by molar-refractivity contribution is 0.0949. The Morgan fingerprint density at radius 1 is 1.03 bits per heavy atom. The van der Waals surface area contributed by atoms with Crippen LogP contribution in [0.1, 0.15) is 45.5 Å². The molecule has 4 aromatic rings. The predicted octanol–water partition coefficient (Wildman–Crippen LogP) is 4.59. The maximum Gasteiger partial charge on any atom is 0.251 e. The van der Waals surface area contributed by atoms with E-state index in [1.54, 1.807) is 0 Å². The van der Waals surface area contributed by atoms with Gasteiger partial charge in [0.05, 0.1) is 5.52 Å². The summed E-state index contributed by atoms with van der Waals surface area (Å²) in [5, 5.41) is 5.18. The number of benzene rings is 2. The second-order valence-electron chi connectivity index (χ2n) is 9.70. The molecule has 3 N–H and O–H groups in total. The molecule has 6 nitrogen and oxygen atoms in total. The Bertz CT molecular complexity index is 1390. The molecule has 3 heterocycles. The summed E-state index contributed by atoms with van der Waals surface area (Å²) in [6, 6.07) is 14.5. The third kappa shape index (κ3) is 5.13. The maximum atomic E-state index is 12.6. The fraction of sp³-hybridized carbons (Fsp3) is 0.345. The summed E-state index contributed by atoms with van der Waals surface area (Å²) in [5.41, 5.74) is 13.3. The summed E-state index contributed by atoms with van der Waals surface area (Å²) in [6.07, 6.45) is 6.18. The number of likely N-dealkylation sites (tertiary alicyclic amines) is 1. The van der Waals surface area contributed by atoms with Crippen LogP contribution in [0.3, 0.4) is 0 Å². The highest BCUT2D eigenvalue weighted by Gasteiger charge is 2.13. The van der Waals surface area contributed by atoms with Crippen LogP contribution < -0.4 is 11.1 Å². The quantitative estimate of drug-likeness (QED) is 0.388. The first-order valence-electron chi connectivity index (χ1n) is 12.5. The van der Waals surface area contributed by atoms with Crippen LogP contribution in [-0.4, -0.2) is 47.0 Å². The van der Waals surface area contributed by atoms with Crippen molar-refractivity contribution in [2.24, 2.45) is 0 Å². The highest BCUT2D eigenvalue weighted by Crippen LogP contribution is 2.28. The smallest absolute Gasteiger partial charge is 0.251 e. The lowest BCUT2D eigenvalue weighted by Gasteiger charge is -2.15. The van der Waals surface area contributed by atoms with Crippen LogP contribution in [0.25, 0.3) is 21.8 Å². The zero-order valence-electron chi connectivity index (χ0n) is 20.6. The fourth-order valence-electron chi connectivity index (χ4n) is 5.03.